The topological polar surface area (TPSA) is 70.6 Å². The van der Waals surface area contributed by atoms with Crippen LogP contribution in [-0.2, 0) is 4.79 Å². The molecule has 1 amide bonds. The summed E-state index contributed by atoms with van der Waals surface area (Å²) in [7, 11) is 1.68. The first-order valence-corrected chi connectivity index (χ1v) is 11.6. The Morgan fingerprint density at radius 2 is 1.62 bits per heavy atom. The van der Waals surface area contributed by atoms with Crippen molar-refractivity contribution >= 4 is 34.9 Å². The van der Waals surface area contributed by atoms with Crippen molar-refractivity contribution in [1.29, 1.82) is 0 Å². The molecule has 0 atom stereocenters. The number of thioether (sulfide) groups is 1. The van der Waals surface area contributed by atoms with Gasteiger partial charge in [0.1, 0.15) is 10.8 Å². The van der Waals surface area contributed by atoms with Gasteiger partial charge in [0, 0.05) is 49.9 Å². The highest BCUT2D eigenvalue weighted by Gasteiger charge is 2.21. The number of nitrogens with zero attached hydrogens (tertiary/aromatic N) is 4. The quantitative estimate of drug-likeness (QED) is 0.550. The summed E-state index contributed by atoms with van der Waals surface area (Å²) in [6.45, 7) is 5.48. The zero-order chi connectivity index (χ0) is 22.3. The number of hydrogen-bond donors (Lipinski definition) is 1. The van der Waals surface area contributed by atoms with Gasteiger partial charge < -0.3 is 19.9 Å². The largest absolute Gasteiger partial charge is 0.497 e. The summed E-state index contributed by atoms with van der Waals surface area (Å²) >= 11 is 1.42. The van der Waals surface area contributed by atoms with Crippen LogP contribution in [0, 0.1) is 6.92 Å². The van der Waals surface area contributed by atoms with Gasteiger partial charge in [-0.2, -0.15) is 0 Å². The summed E-state index contributed by atoms with van der Waals surface area (Å²) < 4.78 is 5.25. The molecule has 1 saturated heterocycles. The van der Waals surface area contributed by atoms with Gasteiger partial charge in [0.25, 0.3) is 0 Å². The first-order chi connectivity index (χ1) is 15.6. The summed E-state index contributed by atoms with van der Waals surface area (Å²) in [4.78, 5) is 26.1. The van der Waals surface area contributed by atoms with Crippen molar-refractivity contribution in [3.63, 3.8) is 0 Å². The Morgan fingerprint density at radius 3 is 2.31 bits per heavy atom. The fraction of sp³-hybridized carbons (Fsp3) is 0.292. The molecule has 1 aliphatic rings. The van der Waals surface area contributed by atoms with Crippen LogP contribution in [0.3, 0.4) is 0 Å². The smallest absolute Gasteiger partial charge is 0.234 e. The molecule has 0 aliphatic carbocycles. The lowest BCUT2D eigenvalue weighted by Crippen LogP contribution is -2.47. The average Bonchev–Trinajstić information content (AvgIpc) is 2.84. The predicted octanol–water partition coefficient (Wildman–Crippen LogP) is 3.85. The molecule has 166 valence electrons. The molecule has 8 heteroatoms. The first kappa shape index (κ1) is 22.0. The lowest BCUT2D eigenvalue weighted by Gasteiger charge is -2.37. The summed E-state index contributed by atoms with van der Waals surface area (Å²) in [5, 5.41) is 3.72. The Kier molecular flexibility index (Phi) is 7.11. The number of methoxy groups -OCH3 is 1. The highest BCUT2D eigenvalue weighted by molar-refractivity contribution is 8.00. The fourth-order valence-corrected chi connectivity index (χ4v) is 4.36. The van der Waals surface area contributed by atoms with Crippen LogP contribution in [0.4, 0.5) is 17.2 Å². The Bertz CT molecular complexity index is 1040. The molecule has 2 aromatic carbocycles. The number of carbonyl (C=O) groups excluding carboxylic acids is 1. The van der Waals surface area contributed by atoms with Crippen LogP contribution in [-0.4, -0.2) is 54.9 Å². The molecule has 0 spiro atoms. The van der Waals surface area contributed by atoms with Crippen LogP contribution >= 0.6 is 11.8 Å². The average molecular weight is 450 g/mol. The van der Waals surface area contributed by atoms with E-state index < -0.39 is 0 Å². The molecule has 0 radical (unpaired) electrons. The second-order valence-corrected chi connectivity index (χ2v) is 8.52. The number of rotatable bonds is 7. The van der Waals surface area contributed by atoms with Crippen LogP contribution in [0.1, 0.15) is 5.56 Å². The van der Waals surface area contributed by atoms with E-state index in [-0.39, 0.29) is 11.7 Å². The van der Waals surface area contributed by atoms with Gasteiger partial charge in [-0.1, -0.05) is 29.5 Å². The van der Waals surface area contributed by atoms with Gasteiger partial charge in [-0.05, 0) is 43.3 Å². The van der Waals surface area contributed by atoms with E-state index in [0.717, 1.165) is 54.0 Å². The molecule has 3 aromatic rings. The van der Waals surface area contributed by atoms with Gasteiger partial charge in [-0.25, -0.2) is 9.97 Å². The second kappa shape index (κ2) is 10.4. The van der Waals surface area contributed by atoms with E-state index in [1.165, 1.54) is 17.4 Å². The van der Waals surface area contributed by atoms with Crippen molar-refractivity contribution in [3.8, 4) is 5.75 Å². The summed E-state index contributed by atoms with van der Waals surface area (Å²) in [6.07, 6.45) is 3.39. The minimum atomic E-state index is -0.0558. The minimum absolute atomic E-state index is 0.0558. The number of carbonyl (C=O) groups is 1. The maximum absolute atomic E-state index is 12.4. The van der Waals surface area contributed by atoms with E-state index in [1.54, 1.807) is 19.5 Å². The highest BCUT2D eigenvalue weighted by Crippen LogP contribution is 2.28. The molecule has 32 heavy (non-hydrogen) atoms. The number of aryl methyl sites for hydroxylation is 1. The molecule has 1 aromatic heterocycles. The third kappa shape index (κ3) is 5.50. The van der Waals surface area contributed by atoms with Gasteiger partial charge in [-0.15, -0.1) is 0 Å². The van der Waals surface area contributed by atoms with E-state index >= 15 is 0 Å². The van der Waals surface area contributed by atoms with Crippen LogP contribution in [0.15, 0.2) is 66.0 Å². The zero-order valence-corrected chi connectivity index (χ0v) is 19.1. The van der Waals surface area contributed by atoms with Crippen molar-refractivity contribution in [2.45, 2.75) is 11.9 Å². The maximum Gasteiger partial charge on any atom is 0.234 e. The standard InChI is InChI=1S/C24H27N5O2S/c1-18-3-5-19(6-4-18)27-22(30)17-32-24-23(25-11-12-26-24)29-15-13-28(14-16-29)20-7-9-21(31-2)10-8-20/h3-12H,13-17H2,1-2H3,(H,27,30). The maximum atomic E-state index is 12.4. The summed E-state index contributed by atoms with van der Waals surface area (Å²) in [5.74, 6) is 1.93. The normalized spacial score (nSPS) is 13.7. The Labute approximate surface area is 192 Å². The second-order valence-electron chi connectivity index (χ2n) is 7.56. The molecule has 0 unspecified atom stereocenters. The Morgan fingerprint density at radius 1 is 0.969 bits per heavy atom. The van der Waals surface area contributed by atoms with E-state index in [4.69, 9.17) is 4.74 Å². The fourth-order valence-electron chi connectivity index (χ4n) is 3.57. The van der Waals surface area contributed by atoms with E-state index in [9.17, 15) is 4.79 Å². The number of ether oxygens (including phenoxy) is 1. The molecule has 0 bridgehead atoms. The minimum Gasteiger partial charge on any atom is -0.497 e. The lowest BCUT2D eigenvalue weighted by atomic mass is 10.2. The molecule has 1 N–H and O–H groups in total. The van der Waals surface area contributed by atoms with Gasteiger partial charge in [0.05, 0.1) is 12.9 Å². The Balaban J connectivity index is 1.34. The molecular weight excluding hydrogens is 422 g/mol. The number of benzene rings is 2. The Hall–Kier alpha value is -3.26. The van der Waals surface area contributed by atoms with Gasteiger partial charge in [0.2, 0.25) is 5.91 Å². The molecule has 4 rings (SSSR count). The molecule has 1 aliphatic heterocycles. The van der Waals surface area contributed by atoms with Crippen LogP contribution in [0.2, 0.25) is 0 Å². The molecule has 2 heterocycles. The van der Waals surface area contributed by atoms with Crippen molar-refractivity contribution in [1.82, 2.24) is 9.97 Å². The summed E-state index contributed by atoms with van der Waals surface area (Å²) in [6, 6.07) is 15.9. The van der Waals surface area contributed by atoms with E-state index in [2.05, 4.69) is 37.2 Å². The first-order valence-electron chi connectivity index (χ1n) is 10.6. The molecule has 0 saturated carbocycles. The lowest BCUT2D eigenvalue weighted by molar-refractivity contribution is -0.113. The zero-order valence-electron chi connectivity index (χ0n) is 18.3. The third-order valence-corrected chi connectivity index (χ3v) is 6.31. The van der Waals surface area contributed by atoms with Crippen LogP contribution < -0.4 is 19.9 Å². The van der Waals surface area contributed by atoms with Gasteiger partial charge >= 0.3 is 0 Å². The van der Waals surface area contributed by atoms with Crippen LogP contribution in [0.5, 0.6) is 5.75 Å². The van der Waals surface area contributed by atoms with Crippen LogP contribution in [0.25, 0.3) is 0 Å². The van der Waals surface area contributed by atoms with Gasteiger partial charge in [-0.3, -0.25) is 4.79 Å². The van der Waals surface area contributed by atoms with Crippen molar-refractivity contribution in [2.24, 2.45) is 0 Å². The third-order valence-electron chi connectivity index (χ3n) is 5.34. The highest BCUT2D eigenvalue weighted by atomic mass is 32.2. The molecule has 1 fully saturated rings. The number of aromatic nitrogens is 2. The van der Waals surface area contributed by atoms with Crippen molar-refractivity contribution < 1.29 is 9.53 Å². The number of nitrogens with one attached hydrogen (secondary N) is 1. The van der Waals surface area contributed by atoms with E-state index in [0.29, 0.717) is 0 Å². The van der Waals surface area contributed by atoms with Gasteiger partial charge in [0.15, 0.2) is 5.82 Å². The number of hydrogen-bond acceptors (Lipinski definition) is 7. The summed E-state index contributed by atoms with van der Waals surface area (Å²) in [5.41, 5.74) is 3.15. The number of amides is 1. The monoisotopic (exact) mass is 449 g/mol. The molecule has 7 nitrogen and oxygen atoms in total. The number of piperazine rings is 1. The van der Waals surface area contributed by atoms with E-state index in [1.807, 2.05) is 43.3 Å². The predicted molar refractivity (Wildman–Crippen MR) is 130 cm³/mol. The number of anilines is 3. The molecular formula is C24H27N5O2S. The SMILES string of the molecule is COc1ccc(N2CCN(c3nccnc3SCC(=O)Nc3ccc(C)cc3)CC2)cc1. The van der Waals surface area contributed by atoms with Crippen molar-refractivity contribution in [2.75, 3.05) is 54.2 Å². The van der Waals surface area contributed by atoms with Crippen molar-refractivity contribution in [3.05, 3.63) is 66.5 Å².